The lowest BCUT2D eigenvalue weighted by Crippen LogP contribution is -2.28. The van der Waals surface area contributed by atoms with Crippen molar-refractivity contribution in [2.24, 2.45) is 11.8 Å². The van der Waals surface area contributed by atoms with Crippen molar-refractivity contribution >= 4 is 0 Å². The summed E-state index contributed by atoms with van der Waals surface area (Å²) in [5.41, 5.74) is 2.80. The normalized spacial score (nSPS) is 12.8. The summed E-state index contributed by atoms with van der Waals surface area (Å²) in [6, 6.07) is 8.88. The summed E-state index contributed by atoms with van der Waals surface area (Å²) in [6.45, 7) is 12.8. The Labute approximate surface area is 131 Å². The summed E-state index contributed by atoms with van der Waals surface area (Å²) in [5.74, 6) is 1.36. The van der Waals surface area contributed by atoms with E-state index in [1.54, 1.807) is 0 Å². The molecule has 1 unspecified atom stereocenters. The lowest BCUT2D eigenvalue weighted by Gasteiger charge is -2.19. The van der Waals surface area contributed by atoms with Crippen molar-refractivity contribution in [1.29, 1.82) is 0 Å². The number of hydrogen-bond donors (Lipinski definition) is 1. The molecule has 2 heteroatoms. The quantitative estimate of drug-likeness (QED) is 0.616. The Morgan fingerprint density at radius 3 is 2.62 bits per heavy atom. The first-order valence-corrected chi connectivity index (χ1v) is 8.45. The summed E-state index contributed by atoms with van der Waals surface area (Å²) in [7, 11) is 0. The van der Waals surface area contributed by atoms with Crippen LogP contribution < -0.4 is 5.32 Å². The van der Waals surface area contributed by atoms with Crippen LogP contribution in [0.3, 0.4) is 0 Å². The third-order valence-corrected chi connectivity index (χ3v) is 3.61. The summed E-state index contributed by atoms with van der Waals surface area (Å²) in [5, 5.41) is 3.61. The summed E-state index contributed by atoms with van der Waals surface area (Å²) >= 11 is 0. The first kappa shape index (κ1) is 18.2. The molecule has 21 heavy (non-hydrogen) atoms. The molecular formula is C19H33NO. The Morgan fingerprint density at radius 2 is 1.95 bits per heavy atom. The van der Waals surface area contributed by atoms with Crippen molar-refractivity contribution in [1.82, 2.24) is 5.32 Å². The van der Waals surface area contributed by atoms with Gasteiger partial charge in [-0.15, -0.1) is 0 Å². The van der Waals surface area contributed by atoms with Crippen molar-refractivity contribution < 1.29 is 4.74 Å². The van der Waals surface area contributed by atoms with E-state index in [0.717, 1.165) is 45.6 Å². The van der Waals surface area contributed by atoms with Gasteiger partial charge in [-0.25, -0.2) is 0 Å². The lowest BCUT2D eigenvalue weighted by atomic mass is 9.95. The molecule has 1 atom stereocenters. The number of hydrogen-bond acceptors (Lipinski definition) is 2. The van der Waals surface area contributed by atoms with Crippen LogP contribution in [0.15, 0.2) is 24.3 Å². The van der Waals surface area contributed by atoms with Crippen LogP contribution in [0.1, 0.15) is 44.7 Å². The zero-order valence-electron chi connectivity index (χ0n) is 14.3. The van der Waals surface area contributed by atoms with Crippen molar-refractivity contribution in [3.8, 4) is 0 Å². The van der Waals surface area contributed by atoms with E-state index in [1.165, 1.54) is 11.1 Å². The molecule has 0 aliphatic carbocycles. The number of ether oxygens (including phenoxy) is 1. The average molecular weight is 291 g/mol. The molecule has 1 aromatic rings. The maximum absolute atomic E-state index is 5.67. The predicted octanol–water partition coefficient (Wildman–Crippen LogP) is 4.22. The van der Waals surface area contributed by atoms with Crippen molar-refractivity contribution in [2.45, 2.75) is 47.0 Å². The van der Waals surface area contributed by atoms with Crippen LogP contribution in [0, 0.1) is 18.8 Å². The van der Waals surface area contributed by atoms with Gasteiger partial charge in [-0.05, 0) is 56.7 Å². The standard InChI is InChI=1S/C19H33NO/c1-5-10-21-11-9-19(15-20-14-16(2)3)13-18-8-6-7-17(4)12-18/h6-8,12,16,19-20H,5,9-11,13-15H2,1-4H3. The molecule has 0 heterocycles. The van der Waals surface area contributed by atoms with Crippen LogP contribution in [-0.4, -0.2) is 26.3 Å². The molecule has 0 aliphatic rings. The van der Waals surface area contributed by atoms with Gasteiger partial charge in [-0.3, -0.25) is 0 Å². The largest absolute Gasteiger partial charge is 0.381 e. The molecule has 0 aliphatic heterocycles. The van der Waals surface area contributed by atoms with Gasteiger partial charge in [0.15, 0.2) is 0 Å². The van der Waals surface area contributed by atoms with E-state index < -0.39 is 0 Å². The van der Waals surface area contributed by atoms with Crippen LogP contribution >= 0.6 is 0 Å². The highest BCUT2D eigenvalue weighted by molar-refractivity contribution is 5.22. The first-order valence-electron chi connectivity index (χ1n) is 8.45. The minimum absolute atomic E-state index is 0.655. The molecule has 0 spiro atoms. The topological polar surface area (TPSA) is 21.3 Å². The molecule has 2 nitrogen and oxygen atoms in total. The van der Waals surface area contributed by atoms with E-state index in [2.05, 4.69) is 57.3 Å². The molecule has 0 saturated heterocycles. The van der Waals surface area contributed by atoms with Gasteiger partial charge in [-0.1, -0.05) is 50.6 Å². The van der Waals surface area contributed by atoms with E-state index >= 15 is 0 Å². The number of rotatable bonds is 11. The number of aryl methyl sites for hydroxylation is 1. The Hall–Kier alpha value is -0.860. The fraction of sp³-hybridized carbons (Fsp3) is 0.684. The molecule has 1 N–H and O–H groups in total. The predicted molar refractivity (Wildman–Crippen MR) is 91.8 cm³/mol. The van der Waals surface area contributed by atoms with Gasteiger partial charge in [0.1, 0.15) is 0 Å². The monoisotopic (exact) mass is 291 g/mol. The Kier molecular flexibility index (Phi) is 9.36. The van der Waals surface area contributed by atoms with Crippen LogP contribution in [0.4, 0.5) is 0 Å². The maximum Gasteiger partial charge on any atom is 0.0469 e. The van der Waals surface area contributed by atoms with Gasteiger partial charge in [0.2, 0.25) is 0 Å². The Balaban J connectivity index is 2.45. The highest BCUT2D eigenvalue weighted by Gasteiger charge is 2.10. The van der Waals surface area contributed by atoms with Crippen molar-refractivity contribution in [3.63, 3.8) is 0 Å². The van der Waals surface area contributed by atoms with Crippen LogP contribution in [-0.2, 0) is 11.2 Å². The lowest BCUT2D eigenvalue weighted by molar-refractivity contribution is 0.120. The van der Waals surface area contributed by atoms with Gasteiger partial charge in [0.25, 0.3) is 0 Å². The molecular weight excluding hydrogens is 258 g/mol. The van der Waals surface area contributed by atoms with Crippen molar-refractivity contribution in [2.75, 3.05) is 26.3 Å². The Bertz CT molecular complexity index is 376. The highest BCUT2D eigenvalue weighted by Crippen LogP contribution is 2.14. The van der Waals surface area contributed by atoms with E-state index in [0.29, 0.717) is 11.8 Å². The number of nitrogens with one attached hydrogen (secondary N) is 1. The molecule has 1 aromatic carbocycles. The van der Waals surface area contributed by atoms with Crippen molar-refractivity contribution in [3.05, 3.63) is 35.4 Å². The smallest absolute Gasteiger partial charge is 0.0469 e. The van der Waals surface area contributed by atoms with E-state index in [1.807, 2.05) is 0 Å². The second-order valence-electron chi connectivity index (χ2n) is 6.51. The third-order valence-electron chi connectivity index (χ3n) is 3.61. The molecule has 120 valence electrons. The fourth-order valence-corrected chi connectivity index (χ4v) is 2.52. The molecule has 0 saturated carbocycles. The second kappa shape index (κ2) is 10.8. The summed E-state index contributed by atoms with van der Waals surface area (Å²) < 4.78 is 5.67. The van der Waals surface area contributed by atoms with E-state index in [4.69, 9.17) is 4.74 Å². The zero-order valence-corrected chi connectivity index (χ0v) is 14.3. The average Bonchev–Trinajstić information content (AvgIpc) is 2.43. The molecule has 0 bridgehead atoms. The summed E-state index contributed by atoms with van der Waals surface area (Å²) in [4.78, 5) is 0. The van der Waals surface area contributed by atoms with E-state index in [-0.39, 0.29) is 0 Å². The summed E-state index contributed by atoms with van der Waals surface area (Å²) in [6.07, 6.45) is 3.38. The van der Waals surface area contributed by atoms with Crippen LogP contribution in [0.5, 0.6) is 0 Å². The number of benzene rings is 1. The minimum atomic E-state index is 0.655. The second-order valence-corrected chi connectivity index (χ2v) is 6.51. The first-order chi connectivity index (χ1) is 10.1. The fourth-order valence-electron chi connectivity index (χ4n) is 2.52. The van der Waals surface area contributed by atoms with Gasteiger partial charge in [0.05, 0.1) is 0 Å². The molecule has 0 radical (unpaired) electrons. The van der Waals surface area contributed by atoms with Crippen LogP contribution in [0.25, 0.3) is 0 Å². The molecule has 1 rings (SSSR count). The molecule has 0 fully saturated rings. The highest BCUT2D eigenvalue weighted by atomic mass is 16.5. The Morgan fingerprint density at radius 1 is 1.14 bits per heavy atom. The molecule has 0 aromatic heterocycles. The van der Waals surface area contributed by atoms with Gasteiger partial charge in [-0.2, -0.15) is 0 Å². The maximum atomic E-state index is 5.67. The van der Waals surface area contributed by atoms with Gasteiger partial charge in [0, 0.05) is 13.2 Å². The van der Waals surface area contributed by atoms with E-state index in [9.17, 15) is 0 Å². The van der Waals surface area contributed by atoms with Gasteiger partial charge < -0.3 is 10.1 Å². The third kappa shape index (κ3) is 8.90. The molecule has 0 amide bonds. The SMILES string of the molecule is CCCOCCC(CNCC(C)C)Cc1cccc(C)c1. The van der Waals surface area contributed by atoms with Gasteiger partial charge >= 0.3 is 0 Å². The zero-order chi connectivity index (χ0) is 15.5. The minimum Gasteiger partial charge on any atom is -0.381 e. The van der Waals surface area contributed by atoms with Crippen LogP contribution in [0.2, 0.25) is 0 Å².